The predicted molar refractivity (Wildman–Crippen MR) is 116 cm³/mol. The minimum atomic E-state index is -0.550. The molecule has 2 fully saturated rings. The maximum Gasteiger partial charge on any atom is 0.236 e. The van der Waals surface area contributed by atoms with Gasteiger partial charge < -0.3 is 19.5 Å². The Kier molecular flexibility index (Phi) is 7.17. The molecular weight excluding hydrogens is 382 g/mol. The van der Waals surface area contributed by atoms with E-state index < -0.39 is 6.10 Å². The fourth-order valence-electron chi connectivity index (χ4n) is 4.09. The Morgan fingerprint density at radius 2 is 1.67 bits per heavy atom. The van der Waals surface area contributed by atoms with Crippen LogP contribution in [-0.4, -0.2) is 104 Å². The first-order valence-corrected chi connectivity index (χ1v) is 10.8. The van der Waals surface area contributed by atoms with Crippen molar-refractivity contribution in [3.8, 4) is 5.75 Å². The number of aliphatic hydroxyl groups excluding tert-OH is 1. The van der Waals surface area contributed by atoms with Gasteiger partial charge in [-0.3, -0.25) is 14.6 Å². The monoisotopic (exact) mass is 413 g/mol. The van der Waals surface area contributed by atoms with Gasteiger partial charge in [0.05, 0.1) is 19.8 Å². The van der Waals surface area contributed by atoms with Crippen LogP contribution in [0.1, 0.15) is 0 Å². The average Bonchev–Trinajstić information content (AvgIpc) is 2.79. The van der Waals surface area contributed by atoms with Crippen LogP contribution in [0, 0.1) is 0 Å². The highest BCUT2D eigenvalue weighted by atomic mass is 16.5. The highest BCUT2D eigenvalue weighted by Gasteiger charge is 2.24. The first kappa shape index (κ1) is 21.1. The number of carbonyl (C=O) groups excluding carboxylic acids is 1. The Hall–Kier alpha value is -2.19. The summed E-state index contributed by atoms with van der Waals surface area (Å²) in [6.07, 6.45) is -0.550. The Labute approximate surface area is 177 Å². The standard InChI is InChI=1S/C23H31N3O4/c27-20(18-30-22-7-3-5-19-4-1-2-6-21(19)22)16-24-8-10-25(11-9-24)17-23(28)26-12-14-29-15-13-26/h1-7,20,27H,8-18H2/t20-/m1/s1. The summed E-state index contributed by atoms with van der Waals surface area (Å²) in [7, 11) is 0. The molecule has 1 atom stereocenters. The molecule has 2 heterocycles. The van der Waals surface area contributed by atoms with Crippen molar-refractivity contribution in [2.45, 2.75) is 6.10 Å². The van der Waals surface area contributed by atoms with Crippen molar-refractivity contribution in [3.05, 3.63) is 42.5 Å². The van der Waals surface area contributed by atoms with Gasteiger partial charge in [0.1, 0.15) is 18.5 Å². The van der Waals surface area contributed by atoms with Crippen LogP contribution in [0.5, 0.6) is 5.75 Å². The third-order valence-electron chi connectivity index (χ3n) is 5.84. The molecule has 4 rings (SSSR count). The number of ether oxygens (including phenoxy) is 2. The Morgan fingerprint density at radius 3 is 2.47 bits per heavy atom. The van der Waals surface area contributed by atoms with Crippen molar-refractivity contribution < 1.29 is 19.4 Å². The molecule has 1 N–H and O–H groups in total. The molecule has 0 spiro atoms. The van der Waals surface area contributed by atoms with Crippen LogP contribution in [-0.2, 0) is 9.53 Å². The lowest BCUT2D eigenvalue weighted by molar-refractivity contribution is -0.137. The number of nitrogens with zero attached hydrogens (tertiary/aromatic N) is 3. The normalized spacial score (nSPS) is 19.7. The number of piperazine rings is 1. The first-order chi connectivity index (χ1) is 14.7. The van der Waals surface area contributed by atoms with E-state index in [0.29, 0.717) is 39.4 Å². The van der Waals surface area contributed by atoms with Gasteiger partial charge >= 0.3 is 0 Å². The van der Waals surface area contributed by atoms with Crippen LogP contribution >= 0.6 is 0 Å². The Morgan fingerprint density at radius 1 is 0.967 bits per heavy atom. The van der Waals surface area contributed by atoms with Gasteiger partial charge in [-0.25, -0.2) is 0 Å². The number of amides is 1. The molecule has 30 heavy (non-hydrogen) atoms. The summed E-state index contributed by atoms with van der Waals surface area (Å²) in [5.74, 6) is 0.994. The molecule has 0 radical (unpaired) electrons. The summed E-state index contributed by atoms with van der Waals surface area (Å²) in [4.78, 5) is 18.7. The van der Waals surface area contributed by atoms with Gasteiger partial charge in [-0.2, -0.15) is 0 Å². The van der Waals surface area contributed by atoms with Crippen LogP contribution in [0.15, 0.2) is 42.5 Å². The van der Waals surface area contributed by atoms with Crippen molar-refractivity contribution in [1.82, 2.24) is 14.7 Å². The molecule has 7 nitrogen and oxygen atoms in total. The fraction of sp³-hybridized carbons (Fsp3) is 0.522. The molecule has 2 aliphatic rings. The van der Waals surface area contributed by atoms with Crippen LogP contribution in [0.4, 0.5) is 0 Å². The fourth-order valence-corrected chi connectivity index (χ4v) is 4.09. The third kappa shape index (κ3) is 5.49. The number of morpholine rings is 1. The topological polar surface area (TPSA) is 65.5 Å². The lowest BCUT2D eigenvalue weighted by atomic mass is 10.1. The zero-order valence-corrected chi connectivity index (χ0v) is 17.4. The summed E-state index contributed by atoms with van der Waals surface area (Å²) >= 11 is 0. The molecule has 0 aromatic heterocycles. The molecular formula is C23H31N3O4. The number of hydrogen-bond donors (Lipinski definition) is 1. The molecule has 2 aromatic carbocycles. The van der Waals surface area contributed by atoms with Gasteiger partial charge in [0.15, 0.2) is 0 Å². The van der Waals surface area contributed by atoms with E-state index in [0.717, 1.165) is 42.7 Å². The number of aliphatic hydroxyl groups is 1. The van der Waals surface area contributed by atoms with E-state index in [1.807, 2.05) is 35.2 Å². The van der Waals surface area contributed by atoms with Gasteiger partial charge in [0, 0.05) is 51.2 Å². The van der Waals surface area contributed by atoms with Crippen LogP contribution in [0.25, 0.3) is 10.8 Å². The first-order valence-electron chi connectivity index (χ1n) is 10.8. The molecule has 1 amide bonds. The lowest BCUT2D eigenvalue weighted by Gasteiger charge is -2.36. The minimum absolute atomic E-state index is 0.190. The van der Waals surface area contributed by atoms with Crippen LogP contribution in [0.3, 0.4) is 0 Å². The van der Waals surface area contributed by atoms with Gasteiger partial charge in [-0.15, -0.1) is 0 Å². The maximum atomic E-state index is 12.4. The van der Waals surface area contributed by atoms with E-state index in [1.54, 1.807) is 0 Å². The molecule has 162 valence electrons. The highest BCUT2D eigenvalue weighted by molar-refractivity contribution is 5.88. The van der Waals surface area contributed by atoms with E-state index >= 15 is 0 Å². The lowest BCUT2D eigenvalue weighted by Crippen LogP contribution is -2.52. The Bertz CT molecular complexity index is 827. The maximum absolute atomic E-state index is 12.4. The molecule has 2 aromatic rings. The number of hydrogen-bond acceptors (Lipinski definition) is 6. The molecule has 2 aliphatic heterocycles. The quantitative estimate of drug-likeness (QED) is 0.732. The van der Waals surface area contributed by atoms with E-state index in [4.69, 9.17) is 9.47 Å². The third-order valence-corrected chi connectivity index (χ3v) is 5.84. The second-order valence-electron chi connectivity index (χ2n) is 8.01. The van der Waals surface area contributed by atoms with Crippen molar-refractivity contribution in [3.63, 3.8) is 0 Å². The van der Waals surface area contributed by atoms with E-state index in [2.05, 4.69) is 21.9 Å². The number of fused-ring (bicyclic) bond motifs is 1. The summed E-state index contributed by atoms with van der Waals surface area (Å²) in [5.41, 5.74) is 0. The number of β-amino-alcohol motifs (C(OH)–C–C–N with tert-alkyl or cyclic N) is 1. The summed E-state index contributed by atoms with van der Waals surface area (Å²) in [5, 5.41) is 12.7. The largest absolute Gasteiger partial charge is 0.490 e. The summed E-state index contributed by atoms with van der Waals surface area (Å²) in [6.45, 7) is 7.36. The van der Waals surface area contributed by atoms with Gasteiger partial charge in [-0.05, 0) is 11.5 Å². The smallest absolute Gasteiger partial charge is 0.236 e. The van der Waals surface area contributed by atoms with Gasteiger partial charge in [0.25, 0.3) is 0 Å². The molecule has 7 heteroatoms. The van der Waals surface area contributed by atoms with Crippen molar-refractivity contribution in [1.29, 1.82) is 0 Å². The zero-order valence-electron chi connectivity index (χ0n) is 17.4. The van der Waals surface area contributed by atoms with Crippen LogP contribution < -0.4 is 4.74 Å². The predicted octanol–water partition coefficient (Wildman–Crippen LogP) is 1.06. The Balaban J connectivity index is 1.19. The van der Waals surface area contributed by atoms with E-state index in [1.165, 1.54) is 0 Å². The second-order valence-corrected chi connectivity index (χ2v) is 8.01. The van der Waals surface area contributed by atoms with Crippen molar-refractivity contribution in [2.75, 3.05) is 72.2 Å². The average molecular weight is 414 g/mol. The van der Waals surface area contributed by atoms with Crippen LogP contribution in [0.2, 0.25) is 0 Å². The highest BCUT2D eigenvalue weighted by Crippen LogP contribution is 2.25. The summed E-state index contributed by atoms with van der Waals surface area (Å²) in [6, 6.07) is 14.1. The van der Waals surface area contributed by atoms with Gasteiger partial charge in [-0.1, -0.05) is 36.4 Å². The number of carbonyl (C=O) groups is 1. The second kappa shape index (κ2) is 10.2. The number of benzene rings is 2. The molecule has 2 saturated heterocycles. The summed E-state index contributed by atoms with van der Waals surface area (Å²) < 4.78 is 11.2. The van der Waals surface area contributed by atoms with Crippen molar-refractivity contribution in [2.24, 2.45) is 0 Å². The van der Waals surface area contributed by atoms with Crippen molar-refractivity contribution >= 4 is 16.7 Å². The minimum Gasteiger partial charge on any atom is -0.490 e. The molecule has 0 aliphatic carbocycles. The number of rotatable bonds is 7. The molecule has 0 saturated carbocycles. The van der Waals surface area contributed by atoms with E-state index in [-0.39, 0.29) is 12.5 Å². The van der Waals surface area contributed by atoms with Gasteiger partial charge in [0.2, 0.25) is 5.91 Å². The SMILES string of the molecule is O=C(CN1CCN(C[C@@H](O)COc2cccc3ccccc23)CC1)N1CCOCC1. The zero-order chi connectivity index (χ0) is 20.8. The molecule has 0 unspecified atom stereocenters. The van der Waals surface area contributed by atoms with E-state index in [9.17, 15) is 9.90 Å². The molecule has 0 bridgehead atoms.